The topological polar surface area (TPSA) is 49.9 Å². The van der Waals surface area contributed by atoms with Gasteiger partial charge in [0.1, 0.15) is 5.75 Å². The number of amides is 3. The number of anilines is 1. The SMILES string of the molecule is CCc1cccc(N2C(=O)N(C(=O)c3ccccc3Cl)[C@@H]3C[C@]2(C)Oc2ccccc23)c1. The van der Waals surface area contributed by atoms with Crippen LogP contribution in [-0.2, 0) is 6.42 Å². The van der Waals surface area contributed by atoms with Crippen molar-refractivity contribution in [1.29, 1.82) is 0 Å². The average molecular weight is 447 g/mol. The van der Waals surface area contributed by atoms with Gasteiger partial charge in [-0.05, 0) is 49.2 Å². The lowest BCUT2D eigenvalue weighted by Crippen LogP contribution is -2.67. The normalized spacial score (nSPS) is 21.7. The van der Waals surface area contributed by atoms with E-state index in [0.29, 0.717) is 28.4 Å². The Balaban J connectivity index is 1.69. The van der Waals surface area contributed by atoms with Crippen molar-refractivity contribution in [3.8, 4) is 5.75 Å². The molecule has 5 rings (SSSR count). The van der Waals surface area contributed by atoms with Gasteiger partial charge in [0.05, 0.1) is 16.6 Å². The molecule has 2 atom stereocenters. The monoisotopic (exact) mass is 446 g/mol. The number of carbonyl (C=O) groups excluding carboxylic acids is 2. The maximum atomic E-state index is 14.0. The van der Waals surface area contributed by atoms with Crippen molar-refractivity contribution in [1.82, 2.24) is 4.90 Å². The van der Waals surface area contributed by atoms with Crippen LogP contribution in [0.5, 0.6) is 5.75 Å². The first-order valence-electron chi connectivity index (χ1n) is 10.7. The highest BCUT2D eigenvalue weighted by Crippen LogP contribution is 2.49. The fourth-order valence-electron chi connectivity index (χ4n) is 4.70. The number of aryl methyl sites for hydroxylation is 1. The molecule has 2 heterocycles. The fourth-order valence-corrected chi connectivity index (χ4v) is 4.92. The second-order valence-corrected chi connectivity index (χ2v) is 8.74. The molecule has 32 heavy (non-hydrogen) atoms. The van der Waals surface area contributed by atoms with Crippen LogP contribution in [0.1, 0.15) is 47.8 Å². The third-order valence-corrected chi connectivity index (χ3v) is 6.59. The lowest BCUT2D eigenvalue weighted by atomic mass is 9.88. The highest BCUT2D eigenvalue weighted by atomic mass is 35.5. The van der Waals surface area contributed by atoms with Crippen LogP contribution in [0.15, 0.2) is 72.8 Å². The van der Waals surface area contributed by atoms with Gasteiger partial charge in [-0.3, -0.25) is 14.6 Å². The van der Waals surface area contributed by atoms with Crippen LogP contribution in [0.4, 0.5) is 10.5 Å². The number of nitrogens with zero attached hydrogens (tertiary/aromatic N) is 2. The van der Waals surface area contributed by atoms with E-state index in [1.165, 1.54) is 4.90 Å². The third-order valence-electron chi connectivity index (χ3n) is 6.26. The van der Waals surface area contributed by atoms with Gasteiger partial charge in [-0.1, -0.05) is 61.0 Å². The minimum Gasteiger partial charge on any atom is -0.467 e. The van der Waals surface area contributed by atoms with Gasteiger partial charge in [-0.2, -0.15) is 0 Å². The fraction of sp³-hybridized carbons (Fsp3) is 0.231. The molecule has 0 radical (unpaired) electrons. The minimum atomic E-state index is -0.931. The number of carbonyl (C=O) groups is 2. The summed E-state index contributed by atoms with van der Waals surface area (Å²) < 4.78 is 6.40. The Morgan fingerprint density at radius 3 is 2.62 bits per heavy atom. The third kappa shape index (κ3) is 3.16. The first-order valence-corrected chi connectivity index (χ1v) is 11.1. The molecule has 5 nitrogen and oxygen atoms in total. The summed E-state index contributed by atoms with van der Waals surface area (Å²) in [7, 11) is 0. The number of urea groups is 1. The van der Waals surface area contributed by atoms with Gasteiger partial charge in [-0.25, -0.2) is 4.79 Å². The minimum absolute atomic E-state index is 0.303. The Morgan fingerprint density at radius 1 is 1.09 bits per heavy atom. The van der Waals surface area contributed by atoms with Crippen LogP contribution in [0, 0.1) is 0 Å². The van der Waals surface area contributed by atoms with Crippen LogP contribution in [0.3, 0.4) is 0 Å². The number of benzene rings is 3. The van der Waals surface area contributed by atoms with E-state index < -0.39 is 23.7 Å². The van der Waals surface area contributed by atoms with E-state index in [2.05, 4.69) is 6.92 Å². The zero-order valence-electron chi connectivity index (χ0n) is 17.9. The molecule has 0 saturated carbocycles. The van der Waals surface area contributed by atoms with Crippen LogP contribution in [0.2, 0.25) is 5.02 Å². The number of fused-ring (bicyclic) bond motifs is 4. The maximum absolute atomic E-state index is 14.0. The van der Waals surface area contributed by atoms with Gasteiger partial charge in [0.25, 0.3) is 5.91 Å². The van der Waals surface area contributed by atoms with Crippen molar-refractivity contribution >= 4 is 29.2 Å². The summed E-state index contributed by atoms with van der Waals surface area (Å²) in [5.74, 6) is 0.258. The quantitative estimate of drug-likeness (QED) is 0.479. The molecule has 1 fully saturated rings. The van der Waals surface area contributed by atoms with E-state index in [9.17, 15) is 9.59 Å². The number of halogens is 1. The molecule has 162 valence electrons. The lowest BCUT2D eigenvalue weighted by molar-refractivity contribution is 0.00268. The van der Waals surface area contributed by atoms with Crippen LogP contribution >= 0.6 is 11.6 Å². The van der Waals surface area contributed by atoms with Gasteiger partial charge in [-0.15, -0.1) is 0 Å². The Kier molecular flexibility index (Phi) is 4.94. The molecule has 3 amide bonds. The zero-order valence-corrected chi connectivity index (χ0v) is 18.7. The second kappa shape index (κ2) is 7.68. The molecule has 0 aliphatic carbocycles. The van der Waals surface area contributed by atoms with Gasteiger partial charge < -0.3 is 4.74 Å². The molecule has 2 aliphatic rings. The number of ether oxygens (including phenoxy) is 1. The highest BCUT2D eigenvalue weighted by Gasteiger charge is 2.55. The van der Waals surface area contributed by atoms with E-state index in [-0.39, 0.29) is 0 Å². The van der Waals surface area contributed by atoms with Crippen molar-refractivity contribution in [2.75, 3.05) is 4.90 Å². The molecule has 6 heteroatoms. The second-order valence-electron chi connectivity index (χ2n) is 8.33. The molecular weight excluding hydrogens is 424 g/mol. The van der Waals surface area contributed by atoms with E-state index in [4.69, 9.17) is 16.3 Å². The Bertz CT molecular complexity index is 1230. The number of para-hydroxylation sites is 1. The Morgan fingerprint density at radius 2 is 1.84 bits per heavy atom. The van der Waals surface area contributed by atoms with E-state index in [1.807, 2.05) is 55.5 Å². The number of hydrogen-bond acceptors (Lipinski definition) is 3. The van der Waals surface area contributed by atoms with E-state index >= 15 is 0 Å². The molecule has 3 aromatic rings. The Hall–Kier alpha value is -3.31. The van der Waals surface area contributed by atoms with Crippen molar-refractivity contribution in [3.63, 3.8) is 0 Å². The van der Waals surface area contributed by atoms with E-state index in [0.717, 1.165) is 17.5 Å². The predicted octanol–water partition coefficient (Wildman–Crippen LogP) is 6.22. The summed E-state index contributed by atoms with van der Waals surface area (Å²) in [6.07, 6.45) is 1.28. The molecule has 2 aliphatic heterocycles. The standard InChI is InChI=1S/C26H23ClN2O3/c1-3-17-9-8-10-18(15-17)29-25(31)28(24(30)19-11-4-6-13-21(19)27)22-16-26(29,2)32-23-14-7-5-12-20(22)23/h4-15,22H,3,16H2,1-2H3/t22-,26+/m1/s1. The molecule has 1 saturated heterocycles. The summed E-state index contributed by atoms with van der Waals surface area (Å²) >= 11 is 6.34. The summed E-state index contributed by atoms with van der Waals surface area (Å²) in [4.78, 5) is 30.6. The van der Waals surface area contributed by atoms with Crippen LogP contribution in [0.25, 0.3) is 0 Å². The van der Waals surface area contributed by atoms with Crippen molar-refractivity contribution in [2.24, 2.45) is 0 Å². The highest BCUT2D eigenvalue weighted by molar-refractivity contribution is 6.34. The maximum Gasteiger partial charge on any atom is 0.335 e. The first-order chi connectivity index (χ1) is 15.4. The van der Waals surface area contributed by atoms with Crippen LogP contribution < -0.4 is 9.64 Å². The average Bonchev–Trinajstić information content (AvgIpc) is 2.79. The number of hydrogen-bond donors (Lipinski definition) is 0. The van der Waals surface area contributed by atoms with Crippen molar-refractivity contribution < 1.29 is 14.3 Å². The lowest BCUT2D eigenvalue weighted by Gasteiger charge is -2.53. The molecular formula is C26H23ClN2O3. The van der Waals surface area contributed by atoms with Crippen LogP contribution in [-0.4, -0.2) is 22.6 Å². The molecule has 2 bridgehead atoms. The molecule has 0 N–H and O–H groups in total. The van der Waals surface area contributed by atoms with Gasteiger partial charge in [0.2, 0.25) is 0 Å². The van der Waals surface area contributed by atoms with Crippen molar-refractivity contribution in [3.05, 3.63) is 94.5 Å². The first kappa shape index (κ1) is 20.6. The van der Waals surface area contributed by atoms with Crippen molar-refractivity contribution in [2.45, 2.75) is 38.5 Å². The largest absolute Gasteiger partial charge is 0.467 e. The zero-order chi connectivity index (χ0) is 22.5. The number of rotatable bonds is 3. The summed E-state index contributed by atoms with van der Waals surface area (Å²) in [6, 6.07) is 21.3. The molecule has 0 unspecified atom stereocenters. The molecule has 3 aromatic carbocycles. The van der Waals surface area contributed by atoms with Gasteiger partial charge in [0.15, 0.2) is 5.72 Å². The van der Waals surface area contributed by atoms with Gasteiger partial charge in [0, 0.05) is 17.7 Å². The van der Waals surface area contributed by atoms with Gasteiger partial charge >= 0.3 is 6.03 Å². The smallest absolute Gasteiger partial charge is 0.335 e. The number of imide groups is 1. The summed E-state index contributed by atoms with van der Waals surface area (Å²) in [5.41, 5.74) is 1.99. The van der Waals surface area contributed by atoms with E-state index in [1.54, 1.807) is 29.2 Å². The predicted molar refractivity (Wildman–Crippen MR) is 124 cm³/mol. The summed E-state index contributed by atoms with van der Waals surface area (Å²) in [5, 5.41) is 0.318. The summed E-state index contributed by atoms with van der Waals surface area (Å²) in [6.45, 7) is 3.97. The molecule has 0 aromatic heterocycles. The molecule has 0 spiro atoms. The Labute approximate surface area is 192 Å².